The van der Waals surface area contributed by atoms with Gasteiger partial charge in [0.2, 0.25) is 0 Å². The quantitative estimate of drug-likeness (QED) is 0.184. The molecule has 1 spiro atoms. The summed E-state index contributed by atoms with van der Waals surface area (Å²) in [5, 5.41) is 0. The molecule has 0 atom stereocenters. The van der Waals surface area contributed by atoms with Gasteiger partial charge < -0.3 is 0 Å². The van der Waals surface area contributed by atoms with E-state index in [4.69, 9.17) is 15.0 Å². The lowest BCUT2D eigenvalue weighted by Gasteiger charge is -2.40. The minimum Gasteiger partial charge on any atom is -0.208 e. The zero-order valence-electron chi connectivity index (χ0n) is 29.3. The lowest BCUT2D eigenvalue weighted by atomic mass is 9.66. The van der Waals surface area contributed by atoms with E-state index in [0.29, 0.717) is 17.5 Å². The molecule has 8 aromatic rings. The second-order valence-corrected chi connectivity index (χ2v) is 15.8. The van der Waals surface area contributed by atoms with Crippen LogP contribution >= 0.6 is 11.8 Å². The number of aromatic nitrogens is 3. The zero-order valence-corrected chi connectivity index (χ0v) is 30.2. The van der Waals surface area contributed by atoms with Gasteiger partial charge in [-0.1, -0.05) is 177 Å². The number of hydrogen-bond donors (Lipinski definition) is 0. The molecule has 2 heterocycles. The highest BCUT2D eigenvalue weighted by molar-refractivity contribution is 7.99. The van der Waals surface area contributed by atoms with E-state index in [1.165, 1.54) is 65.4 Å². The van der Waals surface area contributed by atoms with E-state index in [9.17, 15) is 0 Å². The summed E-state index contributed by atoms with van der Waals surface area (Å²) in [5.41, 5.74) is 15.4. The van der Waals surface area contributed by atoms with Gasteiger partial charge in [-0.3, -0.25) is 0 Å². The second-order valence-electron chi connectivity index (χ2n) is 14.7. The van der Waals surface area contributed by atoms with Gasteiger partial charge >= 0.3 is 0 Å². The van der Waals surface area contributed by atoms with E-state index in [1.54, 1.807) is 0 Å². The van der Waals surface area contributed by atoms with Crippen molar-refractivity contribution in [2.75, 3.05) is 0 Å². The minimum atomic E-state index is -0.420. The fourth-order valence-corrected chi connectivity index (χ4v) is 10.6. The average Bonchev–Trinajstić information content (AvgIpc) is 3.63. The van der Waals surface area contributed by atoms with E-state index in [0.717, 1.165) is 16.7 Å². The van der Waals surface area contributed by atoms with E-state index >= 15 is 0 Å². The smallest absolute Gasteiger partial charge is 0.164 e. The Morgan fingerprint density at radius 1 is 0.377 bits per heavy atom. The van der Waals surface area contributed by atoms with Crippen molar-refractivity contribution in [3.05, 3.63) is 197 Å². The van der Waals surface area contributed by atoms with Gasteiger partial charge in [0.1, 0.15) is 0 Å². The maximum Gasteiger partial charge on any atom is 0.164 e. The zero-order chi connectivity index (χ0) is 35.3. The highest BCUT2D eigenvalue weighted by Crippen LogP contribution is 2.64. The Kier molecular flexibility index (Phi) is 6.45. The summed E-state index contributed by atoms with van der Waals surface area (Å²) in [5.74, 6) is 2.04. The molecule has 0 N–H and O–H groups in total. The highest BCUT2D eigenvalue weighted by atomic mass is 32.2. The van der Waals surface area contributed by atoms with Crippen molar-refractivity contribution in [2.24, 2.45) is 0 Å². The molecule has 3 aliphatic rings. The van der Waals surface area contributed by atoms with Gasteiger partial charge in [0.25, 0.3) is 0 Å². The minimum absolute atomic E-state index is 0.330. The van der Waals surface area contributed by atoms with Crippen LogP contribution in [0.15, 0.2) is 174 Å². The van der Waals surface area contributed by atoms with E-state index in [-0.39, 0.29) is 5.41 Å². The molecule has 1 aromatic heterocycles. The lowest BCUT2D eigenvalue weighted by molar-refractivity contribution is 0.652. The number of nitrogens with zero attached hydrogens (tertiary/aromatic N) is 3. The first-order valence-electron chi connectivity index (χ1n) is 18.2. The number of rotatable bonds is 3. The van der Waals surface area contributed by atoms with Crippen molar-refractivity contribution in [1.29, 1.82) is 0 Å². The van der Waals surface area contributed by atoms with Gasteiger partial charge in [0, 0.05) is 31.9 Å². The van der Waals surface area contributed by atoms with Crippen LogP contribution in [0.1, 0.15) is 47.2 Å². The summed E-state index contributed by atoms with van der Waals surface area (Å²) in [6.45, 7) is 4.75. The summed E-state index contributed by atoms with van der Waals surface area (Å²) >= 11 is 1.90. The van der Waals surface area contributed by atoms with Crippen molar-refractivity contribution < 1.29 is 0 Å². The van der Waals surface area contributed by atoms with E-state index < -0.39 is 5.41 Å². The molecule has 0 radical (unpaired) electrons. The predicted molar refractivity (Wildman–Crippen MR) is 215 cm³/mol. The van der Waals surface area contributed by atoms with Gasteiger partial charge in [-0.2, -0.15) is 0 Å². The second kappa shape index (κ2) is 11.2. The van der Waals surface area contributed by atoms with Crippen molar-refractivity contribution >= 4 is 11.8 Å². The lowest BCUT2D eigenvalue weighted by Crippen LogP contribution is -2.32. The standard InChI is InChI=1S/C49H33N3S/c1-48(2)40-29-41-43(53-42-27-14-13-26-39(42)49(41)37-24-11-9-20-32(37)33-21-10-12-25-38(33)49)28-36(40)34-22-15-23-35(44(34)48)47-51-45(30-16-5-3-6-17-30)50-46(52-47)31-18-7-4-8-19-31/h3-29H,1-2H3. The van der Waals surface area contributed by atoms with Crippen molar-refractivity contribution in [1.82, 2.24) is 15.0 Å². The molecule has 0 unspecified atom stereocenters. The van der Waals surface area contributed by atoms with Crippen LogP contribution < -0.4 is 0 Å². The Morgan fingerprint density at radius 3 is 1.53 bits per heavy atom. The highest BCUT2D eigenvalue weighted by Gasteiger charge is 2.51. The van der Waals surface area contributed by atoms with Crippen LogP contribution in [0, 0.1) is 0 Å². The molecule has 4 heteroatoms. The Labute approximate surface area is 313 Å². The average molecular weight is 696 g/mol. The fraction of sp³-hybridized carbons (Fsp3) is 0.0816. The van der Waals surface area contributed by atoms with Crippen LogP contribution in [-0.4, -0.2) is 15.0 Å². The van der Waals surface area contributed by atoms with Crippen LogP contribution in [0.5, 0.6) is 0 Å². The van der Waals surface area contributed by atoms with Crippen LogP contribution in [0.3, 0.4) is 0 Å². The summed E-state index contributed by atoms with van der Waals surface area (Å²) in [6, 6.07) is 59.2. The molecule has 0 saturated heterocycles. The maximum atomic E-state index is 5.19. The van der Waals surface area contributed by atoms with E-state index in [2.05, 4.69) is 141 Å². The van der Waals surface area contributed by atoms with Gasteiger partial charge in [0.05, 0.1) is 5.41 Å². The van der Waals surface area contributed by atoms with Crippen LogP contribution in [0.2, 0.25) is 0 Å². The molecule has 3 nitrogen and oxygen atoms in total. The number of benzene rings is 7. The number of hydrogen-bond acceptors (Lipinski definition) is 4. The molecule has 250 valence electrons. The van der Waals surface area contributed by atoms with Gasteiger partial charge in [-0.25, -0.2) is 15.0 Å². The van der Waals surface area contributed by atoms with Gasteiger partial charge in [-0.15, -0.1) is 0 Å². The molecule has 11 rings (SSSR count). The fourth-order valence-electron chi connectivity index (χ4n) is 9.34. The Hall–Kier alpha value is -6.10. The monoisotopic (exact) mass is 695 g/mol. The van der Waals surface area contributed by atoms with Crippen LogP contribution in [0.25, 0.3) is 56.4 Å². The Morgan fingerprint density at radius 2 is 0.887 bits per heavy atom. The SMILES string of the molecule is CC1(C)c2cc3c(cc2-c2cccc(-c4nc(-c5ccccc5)nc(-c5ccccc5)n4)c21)Sc1ccccc1C31c2ccccc2-c2ccccc21. The Bertz CT molecular complexity index is 2680. The molecule has 0 saturated carbocycles. The van der Waals surface area contributed by atoms with Crippen molar-refractivity contribution in [3.8, 4) is 56.4 Å². The first kappa shape index (κ1) is 30.5. The van der Waals surface area contributed by atoms with Crippen LogP contribution in [-0.2, 0) is 10.8 Å². The summed E-state index contributed by atoms with van der Waals surface area (Å²) < 4.78 is 0. The summed E-state index contributed by atoms with van der Waals surface area (Å²) in [4.78, 5) is 18.0. The first-order chi connectivity index (χ1) is 26.0. The molecular weight excluding hydrogens is 663 g/mol. The Balaban J connectivity index is 1.16. The van der Waals surface area contributed by atoms with Crippen LogP contribution in [0.4, 0.5) is 0 Å². The van der Waals surface area contributed by atoms with E-state index in [1.807, 2.05) is 48.2 Å². The number of fused-ring (bicyclic) bond motifs is 12. The molecule has 0 amide bonds. The normalized spacial score (nSPS) is 14.8. The third kappa shape index (κ3) is 4.21. The third-order valence-electron chi connectivity index (χ3n) is 11.6. The molecule has 2 aliphatic carbocycles. The van der Waals surface area contributed by atoms with Gasteiger partial charge in [0.15, 0.2) is 17.5 Å². The summed E-state index contributed by atoms with van der Waals surface area (Å²) in [6.07, 6.45) is 0. The molecule has 7 aromatic carbocycles. The first-order valence-corrected chi connectivity index (χ1v) is 19.0. The predicted octanol–water partition coefficient (Wildman–Crippen LogP) is 12.0. The molecule has 0 bridgehead atoms. The topological polar surface area (TPSA) is 38.7 Å². The molecule has 1 aliphatic heterocycles. The largest absolute Gasteiger partial charge is 0.208 e. The maximum absolute atomic E-state index is 5.19. The third-order valence-corrected chi connectivity index (χ3v) is 12.7. The molecule has 0 fully saturated rings. The summed E-state index contributed by atoms with van der Waals surface area (Å²) in [7, 11) is 0. The molecular formula is C49H33N3S. The van der Waals surface area contributed by atoms with Gasteiger partial charge in [-0.05, 0) is 67.8 Å². The van der Waals surface area contributed by atoms with Crippen molar-refractivity contribution in [3.63, 3.8) is 0 Å². The van der Waals surface area contributed by atoms with Crippen molar-refractivity contribution in [2.45, 2.75) is 34.5 Å². The molecule has 53 heavy (non-hydrogen) atoms.